The Morgan fingerprint density at radius 2 is 1.49 bits per heavy atom. The Balaban J connectivity index is 2.85. The van der Waals surface area contributed by atoms with Crippen LogP contribution in [0.5, 0.6) is 5.75 Å². The van der Waals surface area contributed by atoms with E-state index in [0.29, 0.717) is 31.4 Å². The van der Waals surface area contributed by atoms with Crippen LogP contribution in [0.25, 0.3) is 0 Å². The first-order valence-corrected chi connectivity index (χ1v) is 11.8. The molecular formula is C24H39N5O6. The maximum Gasteiger partial charge on any atom is 0.326 e. The van der Waals surface area contributed by atoms with Gasteiger partial charge in [0, 0.05) is 6.42 Å². The topological polar surface area (TPSA) is 197 Å². The van der Waals surface area contributed by atoms with Crippen molar-refractivity contribution >= 4 is 23.7 Å². The van der Waals surface area contributed by atoms with Crippen molar-refractivity contribution in [2.24, 2.45) is 17.4 Å². The lowest BCUT2D eigenvalue weighted by molar-refractivity contribution is -0.142. The van der Waals surface area contributed by atoms with Crippen molar-refractivity contribution in [3.63, 3.8) is 0 Å². The standard InChI is InChI=1S/C24H39N5O6/c1-14(2)12-18(26)22(32)27-15(3)21(31)28-19(6-4-5-11-25)23(33)29-20(24(34)35)13-16-7-9-17(30)10-8-16/h7-10,14-15,18-20,30H,4-6,11-13,25-26H2,1-3H3,(H,27,32)(H,28,31)(H,29,33)(H,34,35). The van der Waals surface area contributed by atoms with Crippen LogP contribution in [0.15, 0.2) is 24.3 Å². The zero-order valence-electron chi connectivity index (χ0n) is 20.6. The summed E-state index contributed by atoms with van der Waals surface area (Å²) in [6.45, 7) is 5.75. The van der Waals surface area contributed by atoms with Gasteiger partial charge in [0.25, 0.3) is 0 Å². The van der Waals surface area contributed by atoms with Gasteiger partial charge in [-0.3, -0.25) is 14.4 Å². The lowest BCUT2D eigenvalue weighted by Crippen LogP contribution is -2.56. The van der Waals surface area contributed by atoms with E-state index in [1.807, 2.05) is 13.8 Å². The zero-order chi connectivity index (χ0) is 26.5. The highest BCUT2D eigenvalue weighted by Crippen LogP contribution is 2.12. The van der Waals surface area contributed by atoms with Gasteiger partial charge in [-0.05, 0) is 62.8 Å². The van der Waals surface area contributed by atoms with E-state index < -0.39 is 47.9 Å². The number of nitrogens with one attached hydrogen (secondary N) is 3. The highest BCUT2D eigenvalue weighted by atomic mass is 16.4. The van der Waals surface area contributed by atoms with Gasteiger partial charge in [0.2, 0.25) is 17.7 Å². The third-order valence-electron chi connectivity index (χ3n) is 5.38. The fourth-order valence-electron chi connectivity index (χ4n) is 3.40. The average Bonchev–Trinajstić information content (AvgIpc) is 2.78. The molecule has 4 atom stereocenters. The lowest BCUT2D eigenvalue weighted by Gasteiger charge is -2.24. The van der Waals surface area contributed by atoms with E-state index in [0.717, 1.165) is 0 Å². The SMILES string of the molecule is CC(C)CC(N)C(=O)NC(C)C(=O)NC(CCCCN)C(=O)NC(Cc1ccc(O)cc1)C(=O)O. The molecule has 0 radical (unpaired) electrons. The van der Waals surface area contributed by atoms with Crippen molar-refractivity contribution in [1.82, 2.24) is 16.0 Å². The molecule has 35 heavy (non-hydrogen) atoms. The van der Waals surface area contributed by atoms with Gasteiger partial charge in [-0.1, -0.05) is 26.0 Å². The number of phenolic OH excluding ortho intramolecular Hbond substituents is 1. The number of rotatable bonds is 15. The molecule has 9 N–H and O–H groups in total. The minimum absolute atomic E-state index is 0.00891. The first-order chi connectivity index (χ1) is 16.4. The van der Waals surface area contributed by atoms with Crippen LogP contribution in [-0.2, 0) is 25.6 Å². The third kappa shape index (κ3) is 11.2. The Bertz CT molecular complexity index is 845. The molecule has 11 heteroatoms. The monoisotopic (exact) mass is 493 g/mol. The van der Waals surface area contributed by atoms with Crippen LogP contribution in [0.4, 0.5) is 0 Å². The highest BCUT2D eigenvalue weighted by molar-refractivity contribution is 5.93. The Hall–Kier alpha value is -3.18. The van der Waals surface area contributed by atoms with Crippen LogP contribution in [0.1, 0.15) is 52.0 Å². The molecule has 0 aromatic heterocycles. The summed E-state index contributed by atoms with van der Waals surface area (Å²) in [5, 5.41) is 26.6. The molecule has 0 aliphatic rings. The van der Waals surface area contributed by atoms with Gasteiger partial charge in [-0.15, -0.1) is 0 Å². The summed E-state index contributed by atoms with van der Waals surface area (Å²) in [4.78, 5) is 49.6. The highest BCUT2D eigenvalue weighted by Gasteiger charge is 2.28. The van der Waals surface area contributed by atoms with Gasteiger partial charge >= 0.3 is 5.97 Å². The summed E-state index contributed by atoms with van der Waals surface area (Å²) in [5.41, 5.74) is 12.0. The van der Waals surface area contributed by atoms with Crippen molar-refractivity contribution in [3.05, 3.63) is 29.8 Å². The molecular weight excluding hydrogens is 454 g/mol. The van der Waals surface area contributed by atoms with E-state index >= 15 is 0 Å². The number of benzene rings is 1. The summed E-state index contributed by atoms with van der Waals surface area (Å²) < 4.78 is 0. The molecule has 1 aromatic carbocycles. The number of nitrogens with two attached hydrogens (primary N) is 2. The molecule has 0 saturated carbocycles. The minimum atomic E-state index is -1.24. The fraction of sp³-hybridized carbons (Fsp3) is 0.583. The van der Waals surface area contributed by atoms with Gasteiger partial charge in [-0.25, -0.2) is 4.79 Å². The second kappa shape index (κ2) is 14.9. The van der Waals surface area contributed by atoms with Crippen LogP contribution in [0, 0.1) is 5.92 Å². The molecule has 0 spiro atoms. The van der Waals surface area contributed by atoms with Crippen molar-refractivity contribution < 1.29 is 29.4 Å². The lowest BCUT2D eigenvalue weighted by atomic mass is 10.0. The van der Waals surface area contributed by atoms with E-state index in [4.69, 9.17) is 11.5 Å². The number of carboxylic acids is 1. The summed E-state index contributed by atoms with van der Waals surface area (Å²) in [5.74, 6) is -2.70. The molecule has 0 fully saturated rings. The van der Waals surface area contributed by atoms with Crippen molar-refractivity contribution in [2.75, 3.05) is 6.54 Å². The maximum atomic E-state index is 12.9. The number of carboxylic acid groups (broad SMARTS) is 1. The summed E-state index contributed by atoms with van der Waals surface area (Å²) in [7, 11) is 0. The van der Waals surface area contributed by atoms with Gasteiger partial charge in [0.15, 0.2) is 0 Å². The molecule has 196 valence electrons. The quantitative estimate of drug-likeness (QED) is 0.166. The Morgan fingerprint density at radius 1 is 0.886 bits per heavy atom. The Kier molecular flexibility index (Phi) is 12.7. The predicted molar refractivity (Wildman–Crippen MR) is 131 cm³/mol. The van der Waals surface area contributed by atoms with Gasteiger partial charge in [-0.2, -0.15) is 0 Å². The maximum absolute atomic E-state index is 12.9. The number of carbonyl (C=O) groups excluding carboxylic acids is 3. The normalized spacial score (nSPS) is 14.5. The third-order valence-corrected chi connectivity index (χ3v) is 5.38. The Morgan fingerprint density at radius 3 is 2.03 bits per heavy atom. The number of amides is 3. The first kappa shape index (κ1) is 29.9. The number of phenols is 1. The molecule has 1 aromatic rings. The van der Waals surface area contributed by atoms with Crippen molar-refractivity contribution in [3.8, 4) is 5.75 Å². The zero-order valence-corrected chi connectivity index (χ0v) is 20.6. The van der Waals surface area contributed by atoms with Gasteiger partial charge in [0.1, 0.15) is 23.9 Å². The average molecular weight is 494 g/mol. The molecule has 0 aliphatic heterocycles. The van der Waals surface area contributed by atoms with E-state index in [9.17, 15) is 29.4 Å². The molecule has 1 rings (SSSR count). The molecule has 0 aliphatic carbocycles. The molecule has 4 unspecified atom stereocenters. The number of carbonyl (C=O) groups is 4. The van der Waals surface area contributed by atoms with Crippen molar-refractivity contribution in [2.45, 2.75) is 77.0 Å². The summed E-state index contributed by atoms with van der Waals surface area (Å²) in [6.07, 6.45) is 1.84. The Labute approximate surface area is 206 Å². The van der Waals surface area contributed by atoms with E-state index in [-0.39, 0.29) is 24.5 Å². The number of hydrogen-bond acceptors (Lipinski definition) is 7. The second-order valence-electron chi connectivity index (χ2n) is 9.08. The smallest absolute Gasteiger partial charge is 0.326 e. The molecule has 0 bridgehead atoms. The fourth-order valence-corrected chi connectivity index (χ4v) is 3.40. The second-order valence-corrected chi connectivity index (χ2v) is 9.08. The molecule has 3 amide bonds. The summed E-state index contributed by atoms with van der Waals surface area (Å²) in [6, 6.07) is 2.01. The van der Waals surface area contributed by atoms with Gasteiger partial charge in [0.05, 0.1) is 6.04 Å². The van der Waals surface area contributed by atoms with Crippen LogP contribution in [0.2, 0.25) is 0 Å². The van der Waals surface area contributed by atoms with Crippen LogP contribution in [0.3, 0.4) is 0 Å². The minimum Gasteiger partial charge on any atom is -0.508 e. The number of hydrogen-bond donors (Lipinski definition) is 7. The largest absolute Gasteiger partial charge is 0.508 e. The summed E-state index contributed by atoms with van der Waals surface area (Å²) >= 11 is 0. The number of aliphatic carboxylic acids is 1. The van der Waals surface area contributed by atoms with Crippen molar-refractivity contribution in [1.29, 1.82) is 0 Å². The molecule has 11 nitrogen and oxygen atoms in total. The predicted octanol–water partition coefficient (Wildman–Crippen LogP) is -0.00400. The van der Waals surface area contributed by atoms with Gasteiger partial charge < -0.3 is 37.6 Å². The number of unbranched alkanes of at least 4 members (excludes halogenated alkanes) is 1. The van der Waals surface area contributed by atoms with Crippen LogP contribution < -0.4 is 27.4 Å². The van der Waals surface area contributed by atoms with Crippen LogP contribution in [-0.4, -0.2) is 64.6 Å². The number of aromatic hydroxyl groups is 1. The molecule has 0 heterocycles. The first-order valence-electron chi connectivity index (χ1n) is 11.8. The molecule has 0 saturated heterocycles. The van der Waals surface area contributed by atoms with E-state index in [1.54, 1.807) is 12.1 Å². The van der Waals surface area contributed by atoms with Crippen LogP contribution >= 0.6 is 0 Å². The van der Waals surface area contributed by atoms with E-state index in [1.165, 1.54) is 19.1 Å². The van der Waals surface area contributed by atoms with E-state index in [2.05, 4.69) is 16.0 Å².